The maximum atomic E-state index is 4.93. The summed E-state index contributed by atoms with van der Waals surface area (Å²) in [6, 6.07) is 11.3. The Balaban J connectivity index is 1.42. The van der Waals surface area contributed by atoms with Crippen LogP contribution in [0.15, 0.2) is 35.3 Å². The van der Waals surface area contributed by atoms with E-state index in [0.29, 0.717) is 17.5 Å². The Labute approximate surface area is 119 Å². The second kappa shape index (κ2) is 4.55. The topological polar surface area (TPSA) is 24.4 Å². The molecule has 2 nitrogen and oxygen atoms in total. The molecule has 1 aliphatic heterocycles. The van der Waals surface area contributed by atoms with Crippen molar-refractivity contribution in [2.45, 2.75) is 49.6 Å². The van der Waals surface area contributed by atoms with Gasteiger partial charge in [0.2, 0.25) is 0 Å². The predicted molar refractivity (Wildman–Crippen MR) is 81.8 cm³/mol. The molecule has 1 aromatic carbocycles. The number of hydrogen-bond donors (Lipinski definition) is 1. The van der Waals surface area contributed by atoms with E-state index in [1.807, 2.05) is 11.8 Å². The van der Waals surface area contributed by atoms with E-state index in [4.69, 9.17) is 4.99 Å². The van der Waals surface area contributed by atoms with E-state index in [1.165, 1.54) is 48.6 Å². The molecule has 4 rings (SSSR count). The molecule has 2 unspecified atom stereocenters. The van der Waals surface area contributed by atoms with E-state index >= 15 is 0 Å². The zero-order valence-corrected chi connectivity index (χ0v) is 12.0. The lowest BCUT2D eigenvalue weighted by molar-refractivity contribution is 0.452. The first-order valence-corrected chi connectivity index (χ1v) is 8.37. The van der Waals surface area contributed by atoms with Gasteiger partial charge in [-0.3, -0.25) is 4.99 Å². The molecular formula is C16H20N2S. The van der Waals surface area contributed by atoms with Crippen molar-refractivity contribution >= 4 is 16.9 Å². The molecule has 1 aromatic rings. The summed E-state index contributed by atoms with van der Waals surface area (Å²) in [7, 11) is 0. The molecule has 0 radical (unpaired) electrons. The lowest BCUT2D eigenvalue weighted by Gasteiger charge is -2.21. The third-order valence-corrected chi connectivity index (χ3v) is 5.86. The zero-order chi connectivity index (χ0) is 12.7. The molecule has 2 saturated carbocycles. The fraction of sp³-hybridized carbons (Fsp3) is 0.562. The van der Waals surface area contributed by atoms with Crippen LogP contribution in [0.5, 0.6) is 0 Å². The van der Waals surface area contributed by atoms with Crippen LogP contribution in [0.2, 0.25) is 0 Å². The molecule has 0 amide bonds. The summed E-state index contributed by atoms with van der Waals surface area (Å²) in [5.41, 5.74) is 1.86. The normalized spacial score (nSPS) is 33.8. The molecule has 2 atom stereocenters. The molecular weight excluding hydrogens is 252 g/mol. The van der Waals surface area contributed by atoms with Crippen molar-refractivity contribution in [2.24, 2.45) is 4.99 Å². The Morgan fingerprint density at radius 2 is 1.95 bits per heavy atom. The van der Waals surface area contributed by atoms with Crippen molar-refractivity contribution in [1.29, 1.82) is 0 Å². The van der Waals surface area contributed by atoms with Gasteiger partial charge in [0.05, 0.1) is 6.04 Å². The second-order valence-electron chi connectivity index (χ2n) is 6.16. The van der Waals surface area contributed by atoms with E-state index in [0.717, 1.165) is 0 Å². The molecule has 1 heterocycles. The third-order valence-electron chi connectivity index (χ3n) is 4.69. The van der Waals surface area contributed by atoms with Gasteiger partial charge in [-0.25, -0.2) is 0 Å². The first-order chi connectivity index (χ1) is 9.35. The fourth-order valence-electron chi connectivity index (χ4n) is 3.43. The lowest BCUT2D eigenvalue weighted by Crippen LogP contribution is -2.40. The Hall–Kier alpha value is -0.960. The van der Waals surface area contributed by atoms with Crippen LogP contribution in [0.25, 0.3) is 0 Å². The van der Waals surface area contributed by atoms with E-state index in [1.54, 1.807) is 0 Å². The van der Waals surface area contributed by atoms with E-state index in [9.17, 15) is 0 Å². The Bertz CT molecular complexity index is 491. The number of rotatable bonds is 2. The Morgan fingerprint density at radius 3 is 2.74 bits per heavy atom. The summed E-state index contributed by atoms with van der Waals surface area (Å²) in [6.07, 6.45) is 6.67. The Morgan fingerprint density at radius 1 is 1.16 bits per heavy atom. The van der Waals surface area contributed by atoms with Crippen LogP contribution in [0.4, 0.5) is 0 Å². The number of benzene rings is 1. The van der Waals surface area contributed by atoms with Gasteiger partial charge < -0.3 is 5.32 Å². The largest absolute Gasteiger partial charge is 0.359 e. The van der Waals surface area contributed by atoms with Gasteiger partial charge in [0, 0.05) is 17.2 Å². The SMILES string of the molecule is c1ccc(C2CC2N=C2NC3(CCCC3)CS2)cc1. The van der Waals surface area contributed by atoms with Gasteiger partial charge in [0.1, 0.15) is 0 Å². The maximum Gasteiger partial charge on any atom is 0.157 e. The van der Waals surface area contributed by atoms with E-state index in [2.05, 4.69) is 35.6 Å². The van der Waals surface area contributed by atoms with Crippen molar-refractivity contribution in [3.63, 3.8) is 0 Å². The number of nitrogens with zero attached hydrogens (tertiary/aromatic N) is 1. The van der Waals surface area contributed by atoms with Crippen LogP contribution in [0, 0.1) is 0 Å². The third kappa shape index (κ3) is 2.29. The zero-order valence-electron chi connectivity index (χ0n) is 11.1. The first kappa shape index (κ1) is 11.8. The molecule has 1 N–H and O–H groups in total. The molecule has 1 saturated heterocycles. The summed E-state index contributed by atoms with van der Waals surface area (Å²) in [5.74, 6) is 1.89. The highest BCUT2D eigenvalue weighted by atomic mass is 32.2. The van der Waals surface area contributed by atoms with Crippen LogP contribution in [-0.2, 0) is 0 Å². The van der Waals surface area contributed by atoms with Gasteiger partial charge >= 0.3 is 0 Å². The number of aliphatic imine (C=N–C) groups is 1. The molecule has 3 fully saturated rings. The number of thioether (sulfide) groups is 1. The van der Waals surface area contributed by atoms with Crippen LogP contribution in [0.3, 0.4) is 0 Å². The van der Waals surface area contributed by atoms with Crippen LogP contribution >= 0.6 is 11.8 Å². The smallest absolute Gasteiger partial charge is 0.157 e. The minimum absolute atomic E-state index is 0.403. The molecule has 0 bridgehead atoms. The second-order valence-corrected chi connectivity index (χ2v) is 7.12. The molecule has 3 aliphatic rings. The summed E-state index contributed by atoms with van der Waals surface area (Å²) in [4.78, 5) is 4.93. The molecule has 0 aromatic heterocycles. The standard InChI is InChI=1S/C16H20N2S/c1-2-6-12(7-3-1)13-10-14(13)17-15-18-16(11-19-15)8-4-5-9-16/h1-3,6-7,13-14H,4-5,8-11H2,(H,17,18). The van der Waals surface area contributed by atoms with Crippen molar-refractivity contribution in [1.82, 2.24) is 5.32 Å². The molecule has 1 spiro atoms. The summed E-state index contributed by atoms with van der Waals surface area (Å²) < 4.78 is 0. The number of nitrogens with one attached hydrogen (secondary N) is 1. The van der Waals surface area contributed by atoms with Gasteiger partial charge in [-0.05, 0) is 24.8 Å². The highest BCUT2D eigenvalue weighted by molar-refractivity contribution is 8.14. The van der Waals surface area contributed by atoms with Gasteiger partial charge in [-0.2, -0.15) is 0 Å². The van der Waals surface area contributed by atoms with Crippen molar-refractivity contribution < 1.29 is 0 Å². The lowest BCUT2D eigenvalue weighted by atomic mass is 10.0. The molecule has 19 heavy (non-hydrogen) atoms. The quantitative estimate of drug-likeness (QED) is 0.890. The van der Waals surface area contributed by atoms with Gasteiger partial charge in [-0.1, -0.05) is 54.9 Å². The van der Waals surface area contributed by atoms with Crippen LogP contribution < -0.4 is 5.32 Å². The van der Waals surface area contributed by atoms with E-state index in [-0.39, 0.29) is 0 Å². The average molecular weight is 272 g/mol. The summed E-state index contributed by atoms with van der Waals surface area (Å²) >= 11 is 1.94. The monoisotopic (exact) mass is 272 g/mol. The Kier molecular flexibility index (Phi) is 2.83. The van der Waals surface area contributed by atoms with Crippen LogP contribution in [0.1, 0.15) is 43.6 Å². The summed E-state index contributed by atoms with van der Waals surface area (Å²) in [6.45, 7) is 0. The van der Waals surface area contributed by atoms with Crippen molar-refractivity contribution in [3.8, 4) is 0 Å². The minimum Gasteiger partial charge on any atom is -0.359 e. The van der Waals surface area contributed by atoms with Gasteiger partial charge in [-0.15, -0.1) is 0 Å². The first-order valence-electron chi connectivity index (χ1n) is 7.38. The molecule has 100 valence electrons. The minimum atomic E-state index is 0.403. The number of amidine groups is 1. The van der Waals surface area contributed by atoms with Crippen molar-refractivity contribution in [2.75, 3.05) is 5.75 Å². The maximum absolute atomic E-state index is 4.93. The fourth-order valence-corrected chi connectivity index (χ4v) is 4.70. The highest BCUT2D eigenvalue weighted by Crippen LogP contribution is 2.45. The molecule has 3 heteroatoms. The predicted octanol–water partition coefficient (Wildman–Crippen LogP) is 3.55. The van der Waals surface area contributed by atoms with Crippen LogP contribution in [-0.4, -0.2) is 22.5 Å². The summed E-state index contributed by atoms with van der Waals surface area (Å²) in [5, 5.41) is 4.94. The molecule has 2 aliphatic carbocycles. The van der Waals surface area contributed by atoms with Gasteiger partial charge in [0.25, 0.3) is 0 Å². The average Bonchev–Trinajstić information content (AvgIpc) is 2.88. The van der Waals surface area contributed by atoms with E-state index < -0.39 is 0 Å². The van der Waals surface area contributed by atoms with Gasteiger partial charge in [0.15, 0.2) is 5.17 Å². The highest BCUT2D eigenvalue weighted by Gasteiger charge is 2.42. The van der Waals surface area contributed by atoms with Crippen molar-refractivity contribution in [3.05, 3.63) is 35.9 Å². The number of hydrogen-bond acceptors (Lipinski definition) is 2.